The Labute approximate surface area is 191 Å². The lowest BCUT2D eigenvalue weighted by molar-refractivity contribution is 0.0946. The first-order valence-electron chi connectivity index (χ1n) is 10.5. The van der Waals surface area contributed by atoms with Crippen LogP contribution in [0, 0.1) is 13.8 Å². The number of carbonyl (C=O) groups excluding carboxylic acids is 1. The summed E-state index contributed by atoms with van der Waals surface area (Å²) in [6.45, 7) is 4.83. The van der Waals surface area contributed by atoms with Crippen LogP contribution < -0.4 is 15.4 Å². The van der Waals surface area contributed by atoms with Crippen molar-refractivity contribution in [2.45, 2.75) is 13.8 Å². The number of amides is 1. The van der Waals surface area contributed by atoms with Gasteiger partial charge in [-0.2, -0.15) is 10.2 Å². The van der Waals surface area contributed by atoms with E-state index in [1.165, 1.54) is 6.33 Å². The van der Waals surface area contributed by atoms with Gasteiger partial charge in [0.05, 0.1) is 18.5 Å². The van der Waals surface area contributed by atoms with E-state index in [9.17, 15) is 4.79 Å². The van der Waals surface area contributed by atoms with Crippen molar-refractivity contribution in [2.24, 2.45) is 7.05 Å². The van der Waals surface area contributed by atoms with Gasteiger partial charge < -0.3 is 15.4 Å². The molecule has 33 heavy (non-hydrogen) atoms. The van der Waals surface area contributed by atoms with Crippen molar-refractivity contribution in [3.63, 3.8) is 0 Å². The molecule has 4 rings (SSSR count). The largest absolute Gasteiger partial charge is 0.497 e. The third kappa shape index (κ3) is 5.00. The number of ether oxygens (including phenoxy) is 1. The topological polar surface area (TPSA) is 112 Å². The Morgan fingerprint density at radius 1 is 1.06 bits per heavy atom. The molecule has 10 nitrogen and oxygen atoms in total. The quantitative estimate of drug-likeness (QED) is 0.400. The maximum atomic E-state index is 12.7. The molecular formula is C23H26N8O2. The van der Waals surface area contributed by atoms with Gasteiger partial charge in [0, 0.05) is 37.5 Å². The molecule has 3 aromatic heterocycles. The average molecular weight is 447 g/mol. The van der Waals surface area contributed by atoms with Gasteiger partial charge in [0.15, 0.2) is 5.82 Å². The lowest BCUT2D eigenvalue weighted by Crippen LogP contribution is -2.30. The Morgan fingerprint density at radius 3 is 2.67 bits per heavy atom. The van der Waals surface area contributed by atoms with E-state index >= 15 is 0 Å². The standard InChI is InChI=1S/C23H26N8O2/c1-15-10-16(2)31(28-15)22-13-21(26-14-27-22)24-8-9-25-23(32)20-12-19(29-30(20)3)17-6-5-7-18(11-17)33-4/h5-7,10-14H,8-9H2,1-4H3,(H,25,32)(H,24,26,27). The monoisotopic (exact) mass is 446 g/mol. The van der Waals surface area contributed by atoms with Crippen LogP contribution in [-0.4, -0.2) is 55.6 Å². The SMILES string of the molecule is COc1cccc(-c2cc(C(=O)NCCNc3cc(-n4nc(C)cc4C)ncn3)n(C)n2)c1. The molecule has 0 fully saturated rings. The van der Waals surface area contributed by atoms with Crippen LogP contribution in [0.5, 0.6) is 5.75 Å². The third-order valence-corrected chi connectivity index (χ3v) is 5.07. The van der Waals surface area contributed by atoms with Crippen LogP contribution in [-0.2, 0) is 7.05 Å². The van der Waals surface area contributed by atoms with Gasteiger partial charge in [-0.1, -0.05) is 12.1 Å². The number of carbonyl (C=O) groups is 1. The summed E-state index contributed by atoms with van der Waals surface area (Å²) in [6.07, 6.45) is 1.49. The fraction of sp³-hybridized carbons (Fsp3) is 0.261. The van der Waals surface area contributed by atoms with Crippen molar-refractivity contribution >= 4 is 11.7 Å². The first kappa shape index (κ1) is 22.0. The molecule has 0 radical (unpaired) electrons. The molecule has 0 unspecified atom stereocenters. The van der Waals surface area contributed by atoms with Gasteiger partial charge in [0.1, 0.15) is 23.6 Å². The number of hydrogen-bond acceptors (Lipinski definition) is 7. The zero-order valence-corrected chi connectivity index (χ0v) is 19.0. The molecule has 2 N–H and O–H groups in total. The fourth-order valence-corrected chi connectivity index (χ4v) is 3.48. The molecule has 0 saturated carbocycles. The van der Waals surface area contributed by atoms with Crippen LogP contribution in [0.15, 0.2) is 48.8 Å². The molecule has 170 valence electrons. The number of benzene rings is 1. The van der Waals surface area contributed by atoms with Gasteiger partial charge in [0.2, 0.25) is 0 Å². The summed E-state index contributed by atoms with van der Waals surface area (Å²) < 4.78 is 8.61. The zero-order chi connectivity index (χ0) is 23.4. The number of methoxy groups -OCH3 is 1. The highest BCUT2D eigenvalue weighted by molar-refractivity contribution is 5.93. The Balaban J connectivity index is 1.34. The molecule has 0 aliphatic heterocycles. The van der Waals surface area contributed by atoms with Crippen molar-refractivity contribution < 1.29 is 9.53 Å². The van der Waals surface area contributed by atoms with E-state index in [4.69, 9.17) is 4.74 Å². The first-order chi connectivity index (χ1) is 15.9. The highest BCUT2D eigenvalue weighted by Gasteiger charge is 2.14. The summed E-state index contributed by atoms with van der Waals surface area (Å²) in [4.78, 5) is 21.2. The highest BCUT2D eigenvalue weighted by atomic mass is 16.5. The number of rotatable bonds is 8. The summed E-state index contributed by atoms with van der Waals surface area (Å²) >= 11 is 0. The van der Waals surface area contributed by atoms with E-state index in [-0.39, 0.29) is 5.91 Å². The summed E-state index contributed by atoms with van der Waals surface area (Å²) in [7, 11) is 3.37. The number of hydrogen-bond donors (Lipinski definition) is 2. The maximum absolute atomic E-state index is 12.7. The number of anilines is 1. The Kier molecular flexibility index (Phi) is 6.34. The van der Waals surface area contributed by atoms with Gasteiger partial charge in [-0.25, -0.2) is 14.6 Å². The molecule has 0 bridgehead atoms. The Morgan fingerprint density at radius 2 is 1.91 bits per heavy atom. The third-order valence-electron chi connectivity index (χ3n) is 5.07. The van der Waals surface area contributed by atoms with Crippen LogP contribution >= 0.6 is 0 Å². The fourth-order valence-electron chi connectivity index (χ4n) is 3.48. The van der Waals surface area contributed by atoms with Crippen LogP contribution in [0.3, 0.4) is 0 Å². The van der Waals surface area contributed by atoms with Crippen LogP contribution in [0.2, 0.25) is 0 Å². The van der Waals surface area contributed by atoms with E-state index in [0.717, 1.165) is 22.7 Å². The molecule has 0 atom stereocenters. The number of nitrogens with zero attached hydrogens (tertiary/aromatic N) is 6. The van der Waals surface area contributed by atoms with Crippen molar-refractivity contribution in [3.8, 4) is 22.8 Å². The first-order valence-corrected chi connectivity index (χ1v) is 10.5. The van der Waals surface area contributed by atoms with Crippen molar-refractivity contribution in [2.75, 3.05) is 25.5 Å². The second kappa shape index (κ2) is 9.51. The molecule has 0 saturated heterocycles. The second-order valence-corrected chi connectivity index (χ2v) is 7.55. The minimum Gasteiger partial charge on any atom is -0.497 e. The van der Waals surface area contributed by atoms with Crippen LogP contribution in [0.25, 0.3) is 17.1 Å². The molecule has 10 heteroatoms. The minimum absolute atomic E-state index is 0.202. The smallest absolute Gasteiger partial charge is 0.269 e. The molecule has 3 heterocycles. The molecular weight excluding hydrogens is 420 g/mol. The lowest BCUT2D eigenvalue weighted by Gasteiger charge is -2.09. The van der Waals surface area contributed by atoms with E-state index < -0.39 is 0 Å². The highest BCUT2D eigenvalue weighted by Crippen LogP contribution is 2.23. The van der Waals surface area contributed by atoms with Crippen LogP contribution in [0.4, 0.5) is 5.82 Å². The predicted octanol–water partition coefficient (Wildman–Crippen LogP) is 2.53. The lowest BCUT2D eigenvalue weighted by atomic mass is 10.1. The maximum Gasteiger partial charge on any atom is 0.269 e. The van der Waals surface area contributed by atoms with Gasteiger partial charge in [-0.15, -0.1) is 0 Å². The Hall–Kier alpha value is -4.21. The van der Waals surface area contributed by atoms with E-state index in [1.54, 1.807) is 29.6 Å². The normalized spacial score (nSPS) is 10.8. The zero-order valence-electron chi connectivity index (χ0n) is 19.0. The second-order valence-electron chi connectivity index (χ2n) is 7.55. The van der Waals surface area contributed by atoms with E-state index in [1.807, 2.05) is 50.2 Å². The van der Waals surface area contributed by atoms with Crippen molar-refractivity contribution in [3.05, 3.63) is 65.9 Å². The van der Waals surface area contributed by atoms with E-state index in [0.29, 0.717) is 36.1 Å². The molecule has 1 amide bonds. The van der Waals surface area contributed by atoms with E-state index in [2.05, 4.69) is 30.8 Å². The van der Waals surface area contributed by atoms with Gasteiger partial charge in [-0.05, 0) is 38.1 Å². The number of aromatic nitrogens is 6. The molecule has 0 spiro atoms. The summed E-state index contributed by atoms with van der Waals surface area (Å²) in [6, 6.07) is 13.1. The summed E-state index contributed by atoms with van der Waals surface area (Å²) in [5.74, 6) is 1.87. The molecule has 1 aromatic carbocycles. The molecule has 4 aromatic rings. The van der Waals surface area contributed by atoms with Crippen molar-refractivity contribution in [1.82, 2.24) is 34.8 Å². The number of nitrogens with one attached hydrogen (secondary N) is 2. The van der Waals surface area contributed by atoms with Crippen LogP contribution in [0.1, 0.15) is 21.9 Å². The van der Waals surface area contributed by atoms with Crippen molar-refractivity contribution in [1.29, 1.82) is 0 Å². The predicted molar refractivity (Wildman–Crippen MR) is 125 cm³/mol. The summed E-state index contributed by atoms with van der Waals surface area (Å²) in [5.41, 5.74) is 3.98. The van der Waals surface area contributed by atoms with Gasteiger partial charge in [0.25, 0.3) is 5.91 Å². The van der Waals surface area contributed by atoms with Gasteiger partial charge >= 0.3 is 0 Å². The molecule has 0 aliphatic rings. The minimum atomic E-state index is -0.202. The molecule has 0 aliphatic carbocycles. The number of aryl methyl sites for hydroxylation is 3. The summed E-state index contributed by atoms with van der Waals surface area (Å²) in [5, 5.41) is 15.0. The van der Waals surface area contributed by atoms with Gasteiger partial charge in [-0.3, -0.25) is 9.48 Å². The Bertz CT molecular complexity index is 1280. The average Bonchev–Trinajstić information content (AvgIpc) is 3.38.